The number of aromatic nitrogens is 3. The van der Waals surface area contributed by atoms with Crippen LogP contribution < -0.4 is 5.56 Å². The molecule has 0 unspecified atom stereocenters. The van der Waals surface area contributed by atoms with Gasteiger partial charge >= 0.3 is 0 Å². The number of H-pyrrole nitrogens is 1. The molecule has 1 N–H and O–H groups in total. The fourth-order valence-electron chi connectivity index (χ4n) is 2.36. The van der Waals surface area contributed by atoms with Gasteiger partial charge in [0.05, 0.1) is 18.6 Å². The van der Waals surface area contributed by atoms with Crippen molar-refractivity contribution in [2.24, 2.45) is 0 Å². The van der Waals surface area contributed by atoms with Crippen molar-refractivity contribution in [3.63, 3.8) is 0 Å². The van der Waals surface area contributed by atoms with E-state index in [9.17, 15) is 14.9 Å². The number of hydrogen-bond donors (Lipinski definition) is 1. The van der Waals surface area contributed by atoms with Gasteiger partial charge in [-0.15, -0.1) is 0 Å². The molecule has 0 atom stereocenters. The molecule has 7 heteroatoms. The highest BCUT2D eigenvalue weighted by Crippen LogP contribution is 2.19. The second-order valence-corrected chi connectivity index (χ2v) is 5.05. The normalized spacial score (nSPS) is 11.3. The van der Waals surface area contributed by atoms with Crippen molar-refractivity contribution in [2.75, 3.05) is 6.54 Å². The van der Waals surface area contributed by atoms with Crippen LogP contribution in [0.4, 0.5) is 0 Å². The third-order valence-corrected chi connectivity index (χ3v) is 3.46. The topological polar surface area (TPSA) is 93.8 Å². The van der Waals surface area contributed by atoms with Crippen molar-refractivity contribution >= 4 is 23.1 Å². The Labute approximate surface area is 131 Å². The monoisotopic (exact) mass is 310 g/mol. The van der Waals surface area contributed by atoms with E-state index in [2.05, 4.69) is 9.97 Å². The van der Waals surface area contributed by atoms with Crippen LogP contribution in [0.15, 0.2) is 47.7 Å². The number of hydrogen-bond acceptors (Lipinski definition) is 4. The summed E-state index contributed by atoms with van der Waals surface area (Å²) in [5.41, 5.74) is 2.31. The molecular formula is C16H14N4O3. The minimum atomic E-state index is -0.322. The van der Waals surface area contributed by atoms with Crippen molar-refractivity contribution in [1.29, 1.82) is 0 Å². The first kappa shape index (κ1) is 14.7. The molecule has 3 aromatic rings. The summed E-state index contributed by atoms with van der Waals surface area (Å²) in [5, 5.41) is 11.5. The van der Waals surface area contributed by atoms with E-state index in [1.165, 1.54) is 12.4 Å². The maximum absolute atomic E-state index is 11.2. The lowest BCUT2D eigenvalue weighted by molar-refractivity contribution is -0.481. The summed E-state index contributed by atoms with van der Waals surface area (Å²) in [6.45, 7) is 0.252. The van der Waals surface area contributed by atoms with Crippen LogP contribution in [0.2, 0.25) is 0 Å². The summed E-state index contributed by atoms with van der Waals surface area (Å²) in [6, 6.07) is 9.19. The van der Waals surface area contributed by atoms with Crippen molar-refractivity contribution in [3.05, 3.63) is 74.6 Å². The molecule has 7 nitrogen and oxygen atoms in total. The molecule has 116 valence electrons. The molecule has 0 spiro atoms. The summed E-state index contributed by atoms with van der Waals surface area (Å²) < 4.78 is 1.87. The van der Waals surface area contributed by atoms with Gasteiger partial charge in [0.2, 0.25) is 6.54 Å². The molecule has 0 saturated heterocycles. The van der Waals surface area contributed by atoms with Crippen LogP contribution in [0.25, 0.3) is 23.1 Å². The van der Waals surface area contributed by atoms with Crippen LogP contribution in [-0.2, 0) is 6.54 Å². The highest BCUT2D eigenvalue weighted by molar-refractivity contribution is 5.84. The summed E-state index contributed by atoms with van der Waals surface area (Å²) in [4.78, 5) is 27.9. The largest absolute Gasteiger partial charge is 0.341 e. The molecule has 0 aliphatic heterocycles. The quantitative estimate of drug-likeness (QED) is 0.577. The molecule has 2 heterocycles. The van der Waals surface area contributed by atoms with Crippen molar-refractivity contribution in [3.8, 4) is 0 Å². The standard InChI is InChI=1S/C16H14N4O3/c21-16-10-14(17-11-18-16)3-1-12-2-4-15-13(9-12)5-6-19(15)7-8-20(22)23/h1-6,9-11H,7-8H2,(H,17,18,21)/b3-1+. The summed E-state index contributed by atoms with van der Waals surface area (Å²) >= 11 is 0. The smallest absolute Gasteiger partial charge is 0.251 e. The Morgan fingerprint density at radius 1 is 1.26 bits per heavy atom. The second-order valence-electron chi connectivity index (χ2n) is 5.05. The molecule has 3 rings (SSSR count). The Hall–Kier alpha value is -3.22. The van der Waals surface area contributed by atoms with E-state index in [0.29, 0.717) is 12.2 Å². The molecule has 0 bridgehead atoms. The highest BCUT2D eigenvalue weighted by atomic mass is 16.6. The fraction of sp³-hybridized carbons (Fsp3) is 0.125. The van der Waals surface area contributed by atoms with Gasteiger partial charge < -0.3 is 9.55 Å². The second kappa shape index (κ2) is 6.27. The van der Waals surface area contributed by atoms with Crippen LogP contribution in [0.1, 0.15) is 11.3 Å². The lowest BCUT2D eigenvalue weighted by atomic mass is 10.1. The molecular weight excluding hydrogens is 296 g/mol. The Kier molecular flexibility index (Phi) is 4.01. The molecule has 0 fully saturated rings. The van der Waals surface area contributed by atoms with Crippen LogP contribution in [0.5, 0.6) is 0 Å². The zero-order chi connectivity index (χ0) is 16.2. The van der Waals surface area contributed by atoms with Gasteiger partial charge in [-0.3, -0.25) is 14.9 Å². The van der Waals surface area contributed by atoms with Crippen molar-refractivity contribution in [2.45, 2.75) is 6.54 Å². The van der Waals surface area contributed by atoms with Crippen molar-refractivity contribution < 1.29 is 4.92 Å². The average molecular weight is 310 g/mol. The molecule has 0 saturated carbocycles. The molecule has 0 radical (unpaired) electrons. The summed E-state index contributed by atoms with van der Waals surface area (Å²) in [7, 11) is 0. The van der Waals surface area contributed by atoms with E-state index in [-0.39, 0.29) is 17.0 Å². The van der Waals surface area contributed by atoms with E-state index >= 15 is 0 Å². The van der Waals surface area contributed by atoms with Gasteiger partial charge in [0.25, 0.3) is 5.56 Å². The third kappa shape index (κ3) is 3.52. The SMILES string of the molecule is O=c1cc(/C=C/c2ccc3c(ccn3CC[N+](=O)[O-])c2)nc[nH]1. The van der Waals surface area contributed by atoms with Crippen LogP contribution in [-0.4, -0.2) is 26.0 Å². The first-order valence-electron chi connectivity index (χ1n) is 7.05. The molecule has 0 aliphatic carbocycles. The Morgan fingerprint density at radius 3 is 2.91 bits per heavy atom. The van der Waals surface area contributed by atoms with Gasteiger partial charge in [0.15, 0.2) is 0 Å². The molecule has 1 aromatic carbocycles. The van der Waals surface area contributed by atoms with E-state index < -0.39 is 0 Å². The first-order valence-corrected chi connectivity index (χ1v) is 7.05. The number of nitro groups is 1. The first-order chi connectivity index (χ1) is 11.1. The van der Waals surface area contributed by atoms with Crippen molar-refractivity contribution in [1.82, 2.24) is 14.5 Å². The minimum absolute atomic E-state index is 0.0976. The van der Waals surface area contributed by atoms with Crippen LogP contribution >= 0.6 is 0 Å². The van der Waals surface area contributed by atoms with E-state index in [1.807, 2.05) is 41.1 Å². The number of fused-ring (bicyclic) bond motifs is 1. The molecule has 23 heavy (non-hydrogen) atoms. The Morgan fingerprint density at radius 2 is 2.13 bits per heavy atom. The van der Waals surface area contributed by atoms with Gasteiger partial charge in [-0.2, -0.15) is 0 Å². The lowest BCUT2D eigenvalue weighted by Crippen LogP contribution is -2.09. The van der Waals surface area contributed by atoms with Gasteiger partial charge in [-0.25, -0.2) is 4.98 Å². The Balaban J connectivity index is 1.83. The summed E-state index contributed by atoms with van der Waals surface area (Å²) in [6.07, 6.45) is 6.84. The highest BCUT2D eigenvalue weighted by Gasteiger charge is 2.04. The van der Waals surface area contributed by atoms with Crippen LogP contribution in [0, 0.1) is 10.1 Å². The minimum Gasteiger partial charge on any atom is -0.341 e. The number of rotatable bonds is 5. The predicted octanol–water partition coefficient (Wildman–Crippen LogP) is 2.17. The average Bonchev–Trinajstić information content (AvgIpc) is 2.93. The number of nitrogens with zero attached hydrogens (tertiary/aromatic N) is 3. The Bertz CT molecular complexity index is 940. The maximum atomic E-state index is 11.2. The van der Waals surface area contributed by atoms with Gasteiger partial charge in [0.1, 0.15) is 0 Å². The van der Waals surface area contributed by atoms with E-state index in [1.54, 1.807) is 6.08 Å². The van der Waals surface area contributed by atoms with Gasteiger partial charge in [-0.05, 0) is 29.8 Å². The fourth-order valence-corrected chi connectivity index (χ4v) is 2.36. The van der Waals surface area contributed by atoms with Gasteiger partial charge in [0, 0.05) is 28.1 Å². The summed E-state index contributed by atoms with van der Waals surface area (Å²) in [5.74, 6) is 0. The predicted molar refractivity (Wildman–Crippen MR) is 87.6 cm³/mol. The number of nitrogens with one attached hydrogen (secondary N) is 1. The van der Waals surface area contributed by atoms with Crippen LogP contribution in [0.3, 0.4) is 0 Å². The van der Waals surface area contributed by atoms with E-state index in [0.717, 1.165) is 16.5 Å². The third-order valence-electron chi connectivity index (χ3n) is 3.46. The zero-order valence-electron chi connectivity index (χ0n) is 12.2. The molecule has 2 aromatic heterocycles. The molecule has 0 aliphatic rings. The molecule has 0 amide bonds. The number of aromatic amines is 1. The van der Waals surface area contributed by atoms with E-state index in [4.69, 9.17) is 0 Å². The maximum Gasteiger partial charge on any atom is 0.251 e. The number of benzene rings is 1. The lowest BCUT2D eigenvalue weighted by Gasteiger charge is -2.02. The zero-order valence-corrected chi connectivity index (χ0v) is 12.2. The van der Waals surface area contributed by atoms with Gasteiger partial charge in [-0.1, -0.05) is 12.1 Å².